The van der Waals surface area contributed by atoms with Gasteiger partial charge in [0.25, 0.3) is 5.91 Å². The summed E-state index contributed by atoms with van der Waals surface area (Å²) in [6.07, 6.45) is 0. The van der Waals surface area contributed by atoms with Crippen molar-refractivity contribution in [3.05, 3.63) is 64.3 Å². The Kier molecular flexibility index (Phi) is 6.77. The van der Waals surface area contributed by atoms with Gasteiger partial charge in [-0.05, 0) is 49.0 Å². The predicted octanol–water partition coefficient (Wildman–Crippen LogP) is 3.68. The maximum atomic E-state index is 13.1. The van der Waals surface area contributed by atoms with E-state index in [1.807, 2.05) is 6.07 Å². The Bertz CT molecular complexity index is 1060. The number of halogens is 1. The average molecular weight is 443 g/mol. The first-order chi connectivity index (χ1) is 14.4. The maximum Gasteiger partial charge on any atom is 0.255 e. The lowest BCUT2D eigenvalue weighted by molar-refractivity contribution is -0.113. The number of hydrogen-bond acceptors (Lipinski definition) is 5. The molecule has 0 fully saturated rings. The van der Waals surface area contributed by atoms with E-state index in [0.29, 0.717) is 38.6 Å². The van der Waals surface area contributed by atoms with Gasteiger partial charge in [0.05, 0.1) is 29.4 Å². The lowest BCUT2D eigenvalue weighted by atomic mass is 9.94. The molecule has 154 valence electrons. The summed E-state index contributed by atoms with van der Waals surface area (Å²) in [5.41, 5.74) is 2.33. The summed E-state index contributed by atoms with van der Waals surface area (Å²) in [7, 11) is 1.50. The fraction of sp³-hybridized carbons (Fsp3) is 0.190. The summed E-state index contributed by atoms with van der Waals surface area (Å²) in [6, 6.07) is 13.6. The van der Waals surface area contributed by atoms with Crippen LogP contribution in [0.5, 0.6) is 11.5 Å². The van der Waals surface area contributed by atoms with E-state index in [9.17, 15) is 4.79 Å². The van der Waals surface area contributed by atoms with Crippen LogP contribution in [0.25, 0.3) is 0 Å². The summed E-state index contributed by atoms with van der Waals surface area (Å²) in [5, 5.41) is 18.5. The number of nitriles is 1. The Morgan fingerprint density at radius 1 is 1.30 bits per heavy atom. The number of benzene rings is 2. The molecule has 0 saturated carbocycles. The molecular weight excluding hydrogens is 424 g/mol. The van der Waals surface area contributed by atoms with Gasteiger partial charge in [0.2, 0.25) is 0 Å². The Hall–Kier alpha value is -3.28. The van der Waals surface area contributed by atoms with Crippen LogP contribution in [0.15, 0.2) is 53.7 Å². The third kappa shape index (κ3) is 4.64. The van der Waals surface area contributed by atoms with Crippen LogP contribution < -0.4 is 25.4 Å². The summed E-state index contributed by atoms with van der Waals surface area (Å²) >= 11 is 11.5. The van der Waals surface area contributed by atoms with Crippen molar-refractivity contribution in [1.82, 2.24) is 10.6 Å². The highest BCUT2D eigenvalue weighted by atomic mass is 35.5. The van der Waals surface area contributed by atoms with Crippen LogP contribution in [0.3, 0.4) is 0 Å². The zero-order valence-corrected chi connectivity index (χ0v) is 17.9. The molecule has 0 spiro atoms. The molecule has 1 aliphatic rings. The van der Waals surface area contributed by atoms with Crippen molar-refractivity contribution >= 4 is 40.5 Å². The number of para-hydroxylation sites is 1. The monoisotopic (exact) mass is 442 g/mol. The van der Waals surface area contributed by atoms with Crippen LogP contribution in [-0.4, -0.2) is 24.7 Å². The maximum absolute atomic E-state index is 13.1. The zero-order chi connectivity index (χ0) is 21.7. The van der Waals surface area contributed by atoms with Crippen LogP contribution >= 0.6 is 23.8 Å². The standard InChI is InChI=1S/C21H19ClN4O3S/c1-12-18(20(27)25-15-6-4-3-5-14(15)22)19(26-21(30)24-12)13-7-8-16(29-10-9-23)17(11-13)28-2/h3-8,11,19H,10H2,1-2H3,(H,25,27)(H2,24,26,30)/t19-/m0/s1. The molecule has 0 bridgehead atoms. The Balaban J connectivity index is 1.96. The Labute approximate surface area is 184 Å². The van der Waals surface area contributed by atoms with Gasteiger partial charge in [-0.2, -0.15) is 5.26 Å². The van der Waals surface area contributed by atoms with E-state index in [1.165, 1.54) is 7.11 Å². The van der Waals surface area contributed by atoms with Gasteiger partial charge < -0.3 is 25.4 Å². The van der Waals surface area contributed by atoms with Crippen molar-refractivity contribution < 1.29 is 14.3 Å². The van der Waals surface area contributed by atoms with Crippen LogP contribution in [0, 0.1) is 11.3 Å². The summed E-state index contributed by atoms with van der Waals surface area (Å²) in [4.78, 5) is 13.1. The summed E-state index contributed by atoms with van der Waals surface area (Å²) in [6.45, 7) is 1.68. The minimum Gasteiger partial charge on any atom is -0.493 e. The molecule has 30 heavy (non-hydrogen) atoms. The number of ether oxygens (including phenoxy) is 2. The number of nitrogens with zero attached hydrogens (tertiary/aromatic N) is 1. The number of amides is 1. The highest BCUT2D eigenvalue weighted by Crippen LogP contribution is 2.35. The second kappa shape index (κ2) is 9.48. The Morgan fingerprint density at radius 3 is 2.77 bits per heavy atom. The van der Waals surface area contributed by atoms with Crippen molar-refractivity contribution in [2.45, 2.75) is 13.0 Å². The third-order valence-electron chi connectivity index (χ3n) is 4.45. The van der Waals surface area contributed by atoms with E-state index >= 15 is 0 Å². The molecule has 1 heterocycles. The molecule has 0 saturated heterocycles. The van der Waals surface area contributed by atoms with Crippen LogP contribution in [0.1, 0.15) is 18.5 Å². The number of carbonyl (C=O) groups is 1. The number of thiocarbonyl (C=S) groups is 1. The smallest absolute Gasteiger partial charge is 0.255 e. The highest BCUT2D eigenvalue weighted by Gasteiger charge is 2.30. The quantitative estimate of drug-likeness (QED) is 0.587. The molecule has 3 rings (SSSR count). The van der Waals surface area contributed by atoms with E-state index < -0.39 is 6.04 Å². The minimum atomic E-state index is -0.528. The molecule has 7 nitrogen and oxygen atoms in total. The normalized spacial score (nSPS) is 15.5. The van der Waals surface area contributed by atoms with Gasteiger partial charge >= 0.3 is 0 Å². The van der Waals surface area contributed by atoms with E-state index in [2.05, 4.69) is 16.0 Å². The number of nitrogens with one attached hydrogen (secondary N) is 3. The molecule has 0 aromatic heterocycles. The van der Waals surface area contributed by atoms with Crippen molar-refractivity contribution in [1.29, 1.82) is 5.26 Å². The van der Waals surface area contributed by atoms with Crippen LogP contribution in [-0.2, 0) is 4.79 Å². The van der Waals surface area contributed by atoms with E-state index in [1.54, 1.807) is 49.4 Å². The molecule has 1 atom stereocenters. The van der Waals surface area contributed by atoms with Gasteiger partial charge in [0.1, 0.15) is 6.07 Å². The van der Waals surface area contributed by atoms with Gasteiger partial charge in [0, 0.05) is 5.70 Å². The van der Waals surface area contributed by atoms with Gasteiger partial charge in [-0.25, -0.2) is 0 Å². The highest BCUT2D eigenvalue weighted by molar-refractivity contribution is 7.80. The number of rotatable bonds is 6. The average Bonchev–Trinajstić information content (AvgIpc) is 2.73. The fourth-order valence-electron chi connectivity index (χ4n) is 3.09. The number of allylic oxidation sites excluding steroid dienone is 1. The lowest BCUT2D eigenvalue weighted by Gasteiger charge is -2.30. The number of hydrogen-bond donors (Lipinski definition) is 3. The minimum absolute atomic E-state index is 0.101. The zero-order valence-electron chi connectivity index (χ0n) is 16.3. The topological polar surface area (TPSA) is 95.4 Å². The number of methoxy groups -OCH3 is 1. The molecule has 3 N–H and O–H groups in total. The van der Waals surface area contributed by atoms with Crippen molar-refractivity contribution in [3.8, 4) is 17.6 Å². The van der Waals surface area contributed by atoms with Crippen molar-refractivity contribution in [2.75, 3.05) is 19.0 Å². The van der Waals surface area contributed by atoms with Crippen molar-refractivity contribution in [2.24, 2.45) is 0 Å². The van der Waals surface area contributed by atoms with Crippen molar-refractivity contribution in [3.63, 3.8) is 0 Å². The molecule has 1 amide bonds. The Morgan fingerprint density at radius 2 is 2.07 bits per heavy atom. The van der Waals surface area contributed by atoms with E-state index in [-0.39, 0.29) is 12.5 Å². The van der Waals surface area contributed by atoms with E-state index in [0.717, 1.165) is 5.56 Å². The molecule has 0 unspecified atom stereocenters. The molecular formula is C21H19ClN4O3S. The predicted molar refractivity (Wildman–Crippen MR) is 118 cm³/mol. The first kappa shape index (κ1) is 21.4. The fourth-order valence-corrected chi connectivity index (χ4v) is 3.54. The second-order valence-corrected chi connectivity index (χ2v) is 7.18. The van der Waals surface area contributed by atoms with Gasteiger partial charge in [-0.1, -0.05) is 29.8 Å². The molecule has 0 radical (unpaired) electrons. The van der Waals surface area contributed by atoms with Gasteiger partial charge in [0.15, 0.2) is 23.2 Å². The summed E-state index contributed by atoms with van der Waals surface area (Å²) in [5.74, 6) is 0.552. The third-order valence-corrected chi connectivity index (χ3v) is 5.00. The SMILES string of the molecule is COc1cc([C@@H]2NC(=S)NC(C)=C2C(=O)Nc2ccccc2Cl)ccc1OCC#N. The first-order valence-electron chi connectivity index (χ1n) is 8.96. The second-order valence-electron chi connectivity index (χ2n) is 6.36. The molecule has 9 heteroatoms. The first-order valence-corrected chi connectivity index (χ1v) is 9.75. The molecule has 0 aliphatic carbocycles. The number of carbonyl (C=O) groups excluding carboxylic acids is 1. The number of anilines is 1. The molecule has 2 aromatic rings. The summed E-state index contributed by atoms with van der Waals surface area (Å²) < 4.78 is 10.8. The molecule has 1 aliphatic heterocycles. The molecule has 2 aromatic carbocycles. The van der Waals surface area contributed by atoms with Gasteiger partial charge in [-0.3, -0.25) is 4.79 Å². The van der Waals surface area contributed by atoms with E-state index in [4.69, 9.17) is 38.6 Å². The lowest BCUT2D eigenvalue weighted by Crippen LogP contribution is -2.45. The van der Waals surface area contributed by atoms with Crippen LogP contribution in [0.4, 0.5) is 5.69 Å². The van der Waals surface area contributed by atoms with Crippen LogP contribution in [0.2, 0.25) is 5.02 Å². The largest absolute Gasteiger partial charge is 0.493 e. The van der Waals surface area contributed by atoms with Gasteiger partial charge in [-0.15, -0.1) is 0 Å².